The minimum absolute atomic E-state index is 0.144. The Morgan fingerprint density at radius 2 is 1.93 bits per heavy atom. The lowest BCUT2D eigenvalue weighted by atomic mass is 10.1. The van der Waals surface area contributed by atoms with E-state index in [1.54, 1.807) is 6.92 Å². The Hall–Kier alpha value is -2.94. The second-order valence-electron chi connectivity index (χ2n) is 5.95. The zero-order valence-electron chi connectivity index (χ0n) is 13.7. The first-order chi connectivity index (χ1) is 12.8. The maximum atomic E-state index is 14.0. The molecule has 0 fully saturated rings. The minimum Gasteiger partial charge on any atom is -0.480 e. The van der Waals surface area contributed by atoms with Gasteiger partial charge in [0, 0.05) is 28.2 Å². The predicted molar refractivity (Wildman–Crippen MR) is 92.8 cm³/mol. The monoisotopic (exact) mass is 394 g/mol. The van der Waals surface area contributed by atoms with Crippen molar-refractivity contribution in [3.63, 3.8) is 0 Å². The maximum Gasteiger partial charge on any atom is 0.323 e. The normalized spacial score (nSPS) is 11.6. The summed E-state index contributed by atoms with van der Waals surface area (Å²) in [6.45, 7) is 1.23. The first-order valence-electron chi connectivity index (χ1n) is 7.72. The van der Waals surface area contributed by atoms with Gasteiger partial charge in [0.1, 0.15) is 28.7 Å². The molecule has 27 heavy (non-hydrogen) atoms. The molecule has 4 aromatic rings. The molecular weight excluding hydrogens is 384 g/mol. The fourth-order valence-corrected chi connectivity index (χ4v) is 4.23. The van der Waals surface area contributed by atoms with E-state index in [1.165, 1.54) is 22.8 Å². The number of carbonyl (C=O) groups is 1. The molecule has 0 amide bonds. The van der Waals surface area contributed by atoms with Gasteiger partial charge in [0.2, 0.25) is 0 Å². The van der Waals surface area contributed by atoms with Crippen LogP contribution in [0.4, 0.5) is 17.6 Å². The van der Waals surface area contributed by atoms with Crippen LogP contribution >= 0.6 is 11.3 Å². The highest BCUT2D eigenvalue weighted by atomic mass is 32.1. The Labute approximate surface area is 153 Å². The smallest absolute Gasteiger partial charge is 0.323 e. The summed E-state index contributed by atoms with van der Waals surface area (Å²) in [5.41, 5.74) is 0.782. The van der Waals surface area contributed by atoms with Gasteiger partial charge >= 0.3 is 5.97 Å². The third kappa shape index (κ3) is 2.66. The standard InChI is InChI=1S/C18H10F4N2O2S/c1-7-14(9-4-8(19)2-3-12(9)24(7)6-13(25)26)18-23-16-15(22)10(20)5-11(21)17(16)27-18/h2-5H,6H2,1H3,(H,25,26). The summed E-state index contributed by atoms with van der Waals surface area (Å²) in [7, 11) is 0. The molecule has 4 nitrogen and oxygen atoms in total. The average molecular weight is 394 g/mol. The molecule has 0 aliphatic rings. The van der Waals surface area contributed by atoms with Crippen LogP contribution in [0.2, 0.25) is 0 Å². The molecule has 0 aliphatic heterocycles. The summed E-state index contributed by atoms with van der Waals surface area (Å²) in [6, 6.07) is 4.27. The Morgan fingerprint density at radius 1 is 1.19 bits per heavy atom. The van der Waals surface area contributed by atoms with E-state index < -0.39 is 34.8 Å². The van der Waals surface area contributed by atoms with Crippen molar-refractivity contribution >= 4 is 38.4 Å². The molecule has 0 saturated carbocycles. The number of aliphatic carboxylic acids is 1. The van der Waals surface area contributed by atoms with Crippen LogP contribution in [0.3, 0.4) is 0 Å². The van der Waals surface area contributed by atoms with Crippen LogP contribution in [0.1, 0.15) is 5.69 Å². The average Bonchev–Trinajstić information content (AvgIpc) is 3.13. The van der Waals surface area contributed by atoms with Crippen LogP contribution in [-0.2, 0) is 11.3 Å². The molecule has 0 aliphatic carbocycles. The van der Waals surface area contributed by atoms with Crippen LogP contribution in [0.5, 0.6) is 0 Å². The fourth-order valence-electron chi connectivity index (χ4n) is 3.15. The third-order valence-corrected chi connectivity index (χ3v) is 5.39. The van der Waals surface area contributed by atoms with E-state index in [-0.39, 0.29) is 16.3 Å². The molecule has 138 valence electrons. The fraction of sp³-hybridized carbons (Fsp3) is 0.111. The number of carboxylic acids is 1. The number of carboxylic acid groups (broad SMARTS) is 1. The molecule has 9 heteroatoms. The van der Waals surface area contributed by atoms with E-state index in [1.807, 2.05) is 0 Å². The number of rotatable bonds is 3. The van der Waals surface area contributed by atoms with Gasteiger partial charge in [0.25, 0.3) is 0 Å². The topological polar surface area (TPSA) is 55.1 Å². The van der Waals surface area contributed by atoms with Crippen molar-refractivity contribution in [1.29, 1.82) is 0 Å². The van der Waals surface area contributed by atoms with Crippen molar-refractivity contribution in [2.45, 2.75) is 13.5 Å². The Bertz CT molecular complexity index is 1250. The molecule has 0 unspecified atom stereocenters. The van der Waals surface area contributed by atoms with Crippen molar-refractivity contribution in [1.82, 2.24) is 9.55 Å². The van der Waals surface area contributed by atoms with Gasteiger partial charge in [0.15, 0.2) is 11.6 Å². The lowest BCUT2D eigenvalue weighted by Gasteiger charge is -2.04. The Kier molecular flexibility index (Phi) is 3.92. The second kappa shape index (κ2) is 6.05. The number of hydrogen-bond donors (Lipinski definition) is 1. The van der Waals surface area contributed by atoms with Gasteiger partial charge < -0.3 is 9.67 Å². The van der Waals surface area contributed by atoms with Crippen LogP contribution in [0, 0.1) is 30.2 Å². The summed E-state index contributed by atoms with van der Waals surface area (Å²) in [4.78, 5) is 15.2. The SMILES string of the molecule is Cc1c(-c2nc3c(F)c(F)cc(F)c3s2)c2cc(F)ccc2n1CC(=O)O. The van der Waals surface area contributed by atoms with Gasteiger partial charge in [-0.25, -0.2) is 22.5 Å². The van der Waals surface area contributed by atoms with E-state index in [9.17, 15) is 22.4 Å². The Balaban J connectivity index is 2.07. The van der Waals surface area contributed by atoms with Crippen molar-refractivity contribution in [3.05, 3.63) is 53.2 Å². The molecule has 0 radical (unpaired) electrons. The van der Waals surface area contributed by atoms with E-state index in [2.05, 4.69) is 4.98 Å². The number of hydrogen-bond acceptors (Lipinski definition) is 3. The van der Waals surface area contributed by atoms with Crippen LogP contribution in [0.15, 0.2) is 24.3 Å². The van der Waals surface area contributed by atoms with E-state index in [0.29, 0.717) is 28.2 Å². The lowest BCUT2D eigenvalue weighted by Crippen LogP contribution is -2.09. The van der Waals surface area contributed by atoms with Gasteiger partial charge in [-0.15, -0.1) is 11.3 Å². The maximum absolute atomic E-state index is 14.0. The quantitative estimate of drug-likeness (QED) is 0.399. The van der Waals surface area contributed by atoms with Crippen LogP contribution in [0.25, 0.3) is 31.7 Å². The summed E-state index contributed by atoms with van der Waals surface area (Å²) < 4.78 is 56.6. The molecule has 2 heterocycles. The van der Waals surface area contributed by atoms with Gasteiger partial charge in [-0.2, -0.15) is 0 Å². The number of halogens is 4. The molecule has 4 rings (SSSR count). The number of aromatic nitrogens is 2. The summed E-state index contributed by atoms with van der Waals surface area (Å²) in [6.07, 6.45) is 0. The first kappa shape index (κ1) is 17.5. The summed E-state index contributed by atoms with van der Waals surface area (Å²) in [5, 5.41) is 9.65. The Morgan fingerprint density at radius 3 is 2.63 bits per heavy atom. The highest BCUT2D eigenvalue weighted by Gasteiger charge is 2.23. The van der Waals surface area contributed by atoms with Gasteiger partial charge in [-0.3, -0.25) is 4.79 Å². The highest BCUT2D eigenvalue weighted by Crippen LogP contribution is 2.40. The van der Waals surface area contributed by atoms with Gasteiger partial charge in [0.05, 0.1) is 4.70 Å². The van der Waals surface area contributed by atoms with E-state index in [4.69, 9.17) is 5.11 Å². The van der Waals surface area contributed by atoms with Crippen LogP contribution in [-0.4, -0.2) is 20.6 Å². The number of thiazole rings is 1. The number of nitrogens with zero attached hydrogens (tertiary/aromatic N) is 2. The van der Waals surface area contributed by atoms with Crippen molar-refractivity contribution < 1.29 is 27.5 Å². The van der Waals surface area contributed by atoms with Crippen molar-refractivity contribution in [2.75, 3.05) is 0 Å². The first-order valence-corrected chi connectivity index (χ1v) is 8.54. The minimum atomic E-state index is -1.35. The third-order valence-electron chi connectivity index (χ3n) is 4.31. The molecular formula is C18H10F4N2O2S. The largest absolute Gasteiger partial charge is 0.480 e. The van der Waals surface area contributed by atoms with Gasteiger partial charge in [-0.1, -0.05) is 0 Å². The summed E-state index contributed by atoms with van der Waals surface area (Å²) in [5.74, 6) is -5.24. The zero-order chi connectivity index (χ0) is 19.5. The van der Waals surface area contributed by atoms with E-state index in [0.717, 1.165) is 11.3 Å². The van der Waals surface area contributed by atoms with E-state index >= 15 is 0 Å². The van der Waals surface area contributed by atoms with Crippen molar-refractivity contribution in [3.8, 4) is 10.6 Å². The van der Waals surface area contributed by atoms with Gasteiger partial charge in [-0.05, 0) is 25.1 Å². The molecule has 0 spiro atoms. The predicted octanol–water partition coefficient (Wildman–Crippen LogP) is 4.87. The summed E-state index contributed by atoms with van der Waals surface area (Å²) >= 11 is 0.791. The van der Waals surface area contributed by atoms with Crippen LogP contribution < -0.4 is 0 Å². The number of benzene rings is 2. The molecule has 1 N–H and O–H groups in total. The second-order valence-corrected chi connectivity index (χ2v) is 6.95. The molecule has 0 saturated heterocycles. The molecule has 0 atom stereocenters. The molecule has 2 aromatic heterocycles. The molecule has 2 aromatic carbocycles. The lowest BCUT2D eigenvalue weighted by molar-refractivity contribution is -0.137. The highest BCUT2D eigenvalue weighted by molar-refractivity contribution is 7.21. The number of fused-ring (bicyclic) bond motifs is 2. The molecule has 0 bridgehead atoms. The van der Waals surface area contributed by atoms with Crippen molar-refractivity contribution in [2.24, 2.45) is 0 Å². The zero-order valence-corrected chi connectivity index (χ0v) is 14.5.